The van der Waals surface area contributed by atoms with Gasteiger partial charge in [-0.15, -0.1) is 0 Å². The number of fused-ring (bicyclic) bond motifs is 3. The zero-order chi connectivity index (χ0) is 8.84. The number of Topliss-reactive ketones (excluding diaryl/α,β-unsaturated/α-hetero) is 1. The largest absolute Gasteiger partial charge is 0.299 e. The van der Waals surface area contributed by atoms with Crippen LogP contribution in [0.3, 0.4) is 0 Å². The number of hydrogen-bond donors (Lipinski definition) is 0. The summed E-state index contributed by atoms with van der Waals surface area (Å²) in [5, 5.41) is 0. The zero-order valence-electron chi connectivity index (χ0n) is 8.17. The third-order valence-corrected chi connectivity index (χ3v) is 4.71. The Bertz CT molecular complexity index is 233. The Balaban J connectivity index is 1.88. The van der Waals surface area contributed by atoms with Crippen LogP contribution in [0.15, 0.2) is 0 Å². The monoisotopic (exact) mass is 178 g/mol. The molecule has 4 atom stereocenters. The van der Waals surface area contributed by atoms with Crippen molar-refractivity contribution in [2.24, 2.45) is 23.7 Å². The van der Waals surface area contributed by atoms with E-state index in [4.69, 9.17) is 0 Å². The molecule has 0 heterocycles. The molecule has 0 aromatic carbocycles. The van der Waals surface area contributed by atoms with Crippen molar-refractivity contribution in [3.8, 4) is 0 Å². The van der Waals surface area contributed by atoms with E-state index in [-0.39, 0.29) is 0 Å². The molecule has 0 saturated heterocycles. The van der Waals surface area contributed by atoms with Crippen LogP contribution in [0.2, 0.25) is 0 Å². The van der Waals surface area contributed by atoms with Gasteiger partial charge in [0.05, 0.1) is 0 Å². The minimum atomic E-state index is 0.499. The highest BCUT2D eigenvalue weighted by Crippen LogP contribution is 2.52. The minimum absolute atomic E-state index is 0.499. The predicted molar refractivity (Wildman–Crippen MR) is 51.3 cm³/mol. The molecular formula is C12H18O. The van der Waals surface area contributed by atoms with Gasteiger partial charge in [0.15, 0.2) is 0 Å². The first-order chi connectivity index (χ1) is 6.36. The van der Waals surface area contributed by atoms with Crippen LogP contribution >= 0.6 is 0 Å². The van der Waals surface area contributed by atoms with E-state index in [1.165, 1.54) is 38.5 Å². The van der Waals surface area contributed by atoms with E-state index < -0.39 is 0 Å². The summed E-state index contributed by atoms with van der Waals surface area (Å²) in [5.74, 6) is 3.68. The summed E-state index contributed by atoms with van der Waals surface area (Å²) in [4.78, 5) is 11.8. The van der Waals surface area contributed by atoms with E-state index >= 15 is 0 Å². The fourth-order valence-electron chi connectivity index (χ4n) is 4.19. The van der Waals surface area contributed by atoms with Crippen LogP contribution in [0.25, 0.3) is 0 Å². The molecule has 3 aliphatic carbocycles. The molecule has 3 fully saturated rings. The Morgan fingerprint density at radius 1 is 0.923 bits per heavy atom. The molecule has 2 unspecified atom stereocenters. The molecule has 3 aliphatic rings. The van der Waals surface area contributed by atoms with Crippen LogP contribution in [-0.2, 0) is 4.79 Å². The number of carbonyl (C=O) groups is 1. The van der Waals surface area contributed by atoms with Crippen molar-refractivity contribution in [2.75, 3.05) is 0 Å². The smallest absolute Gasteiger partial charge is 0.136 e. The fraction of sp³-hybridized carbons (Fsp3) is 0.917. The van der Waals surface area contributed by atoms with Crippen molar-refractivity contribution in [1.29, 1.82) is 0 Å². The first-order valence-electron chi connectivity index (χ1n) is 5.89. The molecule has 3 saturated carbocycles. The molecule has 13 heavy (non-hydrogen) atoms. The van der Waals surface area contributed by atoms with Crippen molar-refractivity contribution in [2.45, 2.75) is 44.9 Å². The lowest BCUT2D eigenvalue weighted by atomic mass is 9.69. The number of rotatable bonds is 0. The summed E-state index contributed by atoms with van der Waals surface area (Å²) in [7, 11) is 0. The van der Waals surface area contributed by atoms with Crippen LogP contribution in [0, 0.1) is 23.7 Å². The highest BCUT2D eigenvalue weighted by molar-refractivity contribution is 5.82. The average Bonchev–Trinajstić information content (AvgIpc) is 2.66. The maximum Gasteiger partial charge on any atom is 0.136 e. The summed E-state index contributed by atoms with van der Waals surface area (Å²) in [6.45, 7) is 0. The molecule has 0 aromatic rings. The third kappa shape index (κ3) is 1.09. The molecule has 0 N–H and O–H groups in total. The molecule has 1 nitrogen and oxygen atoms in total. The average molecular weight is 178 g/mol. The standard InChI is InChI=1S/C12H18O/c13-12-7-8-3-1-4-9(8)10-5-2-6-11(10)12/h8-11H,1-7H2/t8-,9-,10?,11?/m0/s1. The molecule has 0 aliphatic heterocycles. The van der Waals surface area contributed by atoms with Gasteiger partial charge >= 0.3 is 0 Å². The first-order valence-corrected chi connectivity index (χ1v) is 5.89. The Labute approximate surface area is 79.9 Å². The van der Waals surface area contributed by atoms with Gasteiger partial charge in [0, 0.05) is 12.3 Å². The third-order valence-electron chi connectivity index (χ3n) is 4.71. The van der Waals surface area contributed by atoms with E-state index in [2.05, 4.69) is 0 Å². The van der Waals surface area contributed by atoms with Crippen molar-refractivity contribution in [3.63, 3.8) is 0 Å². The molecule has 0 spiro atoms. The summed E-state index contributed by atoms with van der Waals surface area (Å²) in [5.41, 5.74) is 0. The summed E-state index contributed by atoms with van der Waals surface area (Å²) < 4.78 is 0. The molecule has 0 aromatic heterocycles. The molecular weight excluding hydrogens is 160 g/mol. The van der Waals surface area contributed by atoms with Gasteiger partial charge in [-0.25, -0.2) is 0 Å². The Kier molecular flexibility index (Phi) is 1.75. The number of hydrogen-bond acceptors (Lipinski definition) is 1. The van der Waals surface area contributed by atoms with Crippen molar-refractivity contribution >= 4 is 5.78 Å². The minimum Gasteiger partial charge on any atom is -0.299 e. The molecule has 1 heteroatoms. The second-order valence-electron chi connectivity index (χ2n) is 5.23. The maximum atomic E-state index is 11.8. The molecule has 0 bridgehead atoms. The van der Waals surface area contributed by atoms with Gasteiger partial charge < -0.3 is 0 Å². The van der Waals surface area contributed by atoms with Crippen molar-refractivity contribution in [1.82, 2.24) is 0 Å². The Morgan fingerprint density at radius 3 is 2.62 bits per heavy atom. The predicted octanol–water partition coefficient (Wildman–Crippen LogP) is 2.79. The van der Waals surface area contributed by atoms with Gasteiger partial charge in [-0.1, -0.05) is 12.8 Å². The Morgan fingerprint density at radius 2 is 1.69 bits per heavy atom. The lowest BCUT2D eigenvalue weighted by Gasteiger charge is -2.35. The SMILES string of the molecule is O=C1C[C@@H]2CCC[C@@H]2C2CCCC12. The van der Waals surface area contributed by atoms with Crippen LogP contribution in [0.5, 0.6) is 0 Å². The van der Waals surface area contributed by atoms with Crippen LogP contribution in [0.1, 0.15) is 44.9 Å². The van der Waals surface area contributed by atoms with Gasteiger partial charge in [0.2, 0.25) is 0 Å². The van der Waals surface area contributed by atoms with Gasteiger partial charge in [-0.05, 0) is 43.4 Å². The van der Waals surface area contributed by atoms with Crippen LogP contribution in [-0.4, -0.2) is 5.78 Å². The molecule has 3 rings (SSSR count). The second kappa shape index (κ2) is 2.83. The summed E-state index contributed by atoms with van der Waals surface area (Å²) in [6, 6.07) is 0. The normalized spacial score (nSPS) is 49.1. The lowest BCUT2D eigenvalue weighted by Crippen LogP contribution is -2.35. The summed E-state index contributed by atoms with van der Waals surface area (Å²) >= 11 is 0. The van der Waals surface area contributed by atoms with E-state index in [0.29, 0.717) is 11.7 Å². The van der Waals surface area contributed by atoms with Crippen LogP contribution in [0.4, 0.5) is 0 Å². The lowest BCUT2D eigenvalue weighted by molar-refractivity contribution is -0.129. The topological polar surface area (TPSA) is 17.1 Å². The molecule has 0 radical (unpaired) electrons. The first kappa shape index (κ1) is 8.02. The van der Waals surface area contributed by atoms with E-state index in [1.807, 2.05) is 0 Å². The van der Waals surface area contributed by atoms with Crippen molar-refractivity contribution in [3.05, 3.63) is 0 Å². The highest BCUT2D eigenvalue weighted by Gasteiger charge is 2.47. The van der Waals surface area contributed by atoms with Gasteiger partial charge in [0.1, 0.15) is 5.78 Å². The van der Waals surface area contributed by atoms with E-state index in [1.54, 1.807) is 0 Å². The van der Waals surface area contributed by atoms with Gasteiger partial charge in [0.25, 0.3) is 0 Å². The second-order valence-corrected chi connectivity index (χ2v) is 5.23. The quantitative estimate of drug-likeness (QED) is 0.557. The molecule has 0 amide bonds. The Hall–Kier alpha value is -0.330. The van der Waals surface area contributed by atoms with E-state index in [9.17, 15) is 4.79 Å². The van der Waals surface area contributed by atoms with Gasteiger partial charge in [-0.2, -0.15) is 0 Å². The van der Waals surface area contributed by atoms with Crippen LogP contribution < -0.4 is 0 Å². The number of carbonyl (C=O) groups excluding carboxylic acids is 1. The van der Waals surface area contributed by atoms with Gasteiger partial charge in [-0.3, -0.25) is 4.79 Å². The maximum absolute atomic E-state index is 11.8. The molecule has 72 valence electrons. The van der Waals surface area contributed by atoms with Crippen molar-refractivity contribution < 1.29 is 4.79 Å². The fourth-order valence-corrected chi connectivity index (χ4v) is 4.19. The zero-order valence-corrected chi connectivity index (χ0v) is 8.17. The number of ketones is 1. The highest BCUT2D eigenvalue weighted by atomic mass is 16.1. The summed E-state index contributed by atoms with van der Waals surface area (Å²) in [6.07, 6.45) is 9.00. The van der Waals surface area contributed by atoms with E-state index in [0.717, 1.165) is 24.2 Å².